The molecule has 2 aliphatic heterocycles. The molecule has 1 unspecified atom stereocenters. The summed E-state index contributed by atoms with van der Waals surface area (Å²) in [5.74, 6) is -0.332. The summed E-state index contributed by atoms with van der Waals surface area (Å²) in [6.45, 7) is 4.50. The third-order valence-corrected chi connectivity index (χ3v) is 6.21. The molecule has 3 rings (SSSR count). The molecule has 0 N–H and O–H groups in total. The van der Waals surface area contributed by atoms with E-state index in [1.165, 1.54) is 9.80 Å². The van der Waals surface area contributed by atoms with Gasteiger partial charge in [-0.25, -0.2) is 0 Å². The predicted octanol–water partition coefficient (Wildman–Crippen LogP) is 2.54. The highest BCUT2D eigenvalue weighted by Crippen LogP contribution is 2.33. The predicted molar refractivity (Wildman–Crippen MR) is 102 cm³/mol. The molecular formula is C17H19N3O4S2. The van der Waals surface area contributed by atoms with Gasteiger partial charge in [0.25, 0.3) is 16.4 Å². The van der Waals surface area contributed by atoms with Crippen molar-refractivity contribution in [1.82, 2.24) is 9.80 Å². The van der Waals surface area contributed by atoms with Crippen LogP contribution in [0.25, 0.3) is 0 Å². The first kappa shape index (κ1) is 18.8. The van der Waals surface area contributed by atoms with E-state index in [2.05, 4.69) is 0 Å². The van der Waals surface area contributed by atoms with Crippen LogP contribution >= 0.6 is 23.5 Å². The quantitative estimate of drug-likeness (QED) is 0.735. The number of hydrogen-bond acceptors (Lipinski definition) is 7. The number of thioether (sulfide) groups is 2. The van der Waals surface area contributed by atoms with Crippen LogP contribution in [0.1, 0.15) is 12.5 Å². The zero-order valence-corrected chi connectivity index (χ0v) is 16.1. The Morgan fingerprint density at radius 1 is 1.15 bits per heavy atom. The number of aryl methyl sites for hydroxylation is 1. The molecule has 2 fully saturated rings. The van der Waals surface area contributed by atoms with E-state index in [0.29, 0.717) is 6.54 Å². The van der Waals surface area contributed by atoms with Crippen LogP contribution in [-0.4, -0.2) is 62.9 Å². The van der Waals surface area contributed by atoms with E-state index < -0.39 is 5.37 Å². The van der Waals surface area contributed by atoms with Crippen molar-refractivity contribution in [3.63, 3.8) is 0 Å². The summed E-state index contributed by atoms with van der Waals surface area (Å²) < 4.78 is 0. The number of nitrogens with zero attached hydrogens (tertiary/aromatic N) is 3. The number of carbonyl (C=O) groups is 4. The van der Waals surface area contributed by atoms with Crippen molar-refractivity contribution in [3.8, 4) is 0 Å². The minimum absolute atomic E-state index is 0.155. The van der Waals surface area contributed by atoms with E-state index in [4.69, 9.17) is 0 Å². The smallest absolute Gasteiger partial charge is 0.290 e. The number of carbonyl (C=O) groups excluding carboxylic acids is 4. The van der Waals surface area contributed by atoms with Gasteiger partial charge >= 0.3 is 0 Å². The van der Waals surface area contributed by atoms with Gasteiger partial charge in [-0.3, -0.25) is 29.0 Å². The summed E-state index contributed by atoms with van der Waals surface area (Å²) in [5.41, 5.74) is 1.80. The van der Waals surface area contributed by atoms with Crippen molar-refractivity contribution < 1.29 is 19.2 Å². The minimum atomic E-state index is -0.690. The van der Waals surface area contributed by atoms with Gasteiger partial charge in [0.1, 0.15) is 0 Å². The van der Waals surface area contributed by atoms with E-state index >= 15 is 0 Å². The van der Waals surface area contributed by atoms with E-state index in [0.717, 1.165) is 34.8 Å². The highest BCUT2D eigenvalue weighted by molar-refractivity contribution is 8.15. The summed E-state index contributed by atoms with van der Waals surface area (Å²) in [6.07, 6.45) is 0. The molecule has 9 heteroatoms. The summed E-state index contributed by atoms with van der Waals surface area (Å²) in [4.78, 5) is 52.7. The van der Waals surface area contributed by atoms with Crippen LogP contribution in [0.2, 0.25) is 0 Å². The van der Waals surface area contributed by atoms with Crippen molar-refractivity contribution in [2.24, 2.45) is 0 Å². The SMILES string of the molecule is CCN1C(=O)SC(N(CCN2C(=O)CSC2=O)c2cccc(C)c2)C1=O. The average Bonchev–Trinajstić information content (AvgIpc) is 3.07. The number of amides is 4. The van der Waals surface area contributed by atoms with E-state index in [1.54, 1.807) is 11.8 Å². The van der Waals surface area contributed by atoms with Gasteiger partial charge in [0.2, 0.25) is 5.91 Å². The second-order valence-corrected chi connectivity index (χ2v) is 7.91. The van der Waals surface area contributed by atoms with Crippen LogP contribution in [0.3, 0.4) is 0 Å². The normalized spacial score (nSPS) is 20.5. The van der Waals surface area contributed by atoms with Gasteiger partial charge in [0, 0.05) is 25.3 Å². The summed E-state index contributed by atoms with van der Waals surface area (Å²) in [7, 11) is 0. The molecule has 138 valence electrons. The second-order valence-electron chi connectivity index (χ2n) is 5.95. The lowest BCUT2D eigenvalue weighted by molar-refractivity contribution is -0.126. The number of rotatable bonds is 6. The van der Waals surface area contributed by atoms with Gasteiger partial charge in [-0.15, -0.1) is 0 Å². The molecule has 4 amide bonds. The molecule has 0 bridgehead atoms. The summed E-state index contributed by atoms with van der Waals surface area (Å²) in [6, 6.07) is 7.61. The molecule has 2 heterocycles. The van der Waals surface area contributed by atoms with Gasteiger partial charge in [0.15, 0.2) is 5.37 Å². The maximum atomic E-state index is 12.7. The molecule has 26 heavy (non-hydrogen) atoms. The van der Waals surface area contributed by atoms with Crippen LogP contribution in [-0.2, 0) is 9.59 Å². The zero-order chi connectivity index (χ0) is 18.8. The van der Waals surface area contributed by atoms with Crippen molar-refractivity contribution >= 4 is 51.5 Å². The molecule has 0 radical (unpaired) electrons. The highest BCUT2D eigenvalue weighted by Gasteiger charge is 2.43. The van der Waals surface area contributed by atoms with Crippen molar-refractivity contribution in [3.05, 3.63) is 29.8 Å². The maximum absolute atomic E-state index is 12.7. The molecule has 1 atom stereocenters. The Bertz CT molecular complexity index is 754. The third kappa shape index (κ3) is 3.59. The topological polar surface area (TPSA) is 78.0 Å². The van der Waals surface area contributed by atoms with Gasteiger partial charge in [-0.2, -0.15) is 0 Å². The molecule has 2 aliphatic rings. The Hall–Kier alpha value is -2.00. The molecule has 1 aromatic rings. The molecule has 1 aromatic carbocycles. The van der Waals surface area contributed by atoms with Crippen molar-refractivity contribution in [2.45, 2.75) is 19.2 Å². The number of imide groups is 2. The zero-order valence-electron chi connectivity index (χ0n) is 14.5. The van der Waals surface area contributed by atoms with Crippen molar-refractivity contribution in [2.75, 3.05) is 30.3 Å². The molecule has 2 saturated heterocycles. The Morgan fingerprint density at radius 2 is 1.92 bits per heavy atom. The van der Waals surface area contributed by atoms with Crippen LogP contribution in [0.5, 0.6) is 0 Å². The van der Waals surface area contributed by atoms with Gasteiger partial charge in [0.05, 0.1) is 5.75 Å². The molecule has 7 nitrogen and oxygen atoms in total. The first-order chi connectivity index (χ1) is 12.4. The molecule has 0 spiro atoms. The van der Waals surface area contributed by atoms with Crippen LogP contribution in [0.15, 0.2) is 24.3 Å². The first-order valence-electron chi connectivity index (χ1n) is 8.24. The highest BCUT2D eigenvalue weighted by atomic mass is 32.2. The number of benzene rings is 1. The van der Waals surface area contributed by atoms with Crippen molar-refractivity contribution in [1.29, 1.82) is 0 Å². The fourth-order valence-corrected chi connectivity index (χ4v) is 4.78. The number of anilines is 1. The standard InChI is InChI=1S/C17H19N3O4S2/c1-3-18-14(22)15(26-17(18)24)19(12-6-4-5-11(2)9-12)7-8-20-13(21)10-25-16(20)23/h4-6,9,15H,3,7-8,10H2,1-2H3. The Morgan fingerprint density at radius 3 is 2.50 bits per heavy atom. The fourth-order valence-electron chi connectivity index (χ4n) is 2.91. The maximum Gasteiger partial charge on any atom is 0.290 e. The van der Waals surface area contributed by atoms with Crippen LogP contribution in [0.4, 0.5) is 15.3 Å². The third-order valence-electron chi connectivity index (χ3n) is 4.25. The monoisotopic (exact) mass is 393 g/mol. The number of likely N-dealkylation sites (N-methyl/N-ethyl adjacent to an activating group) is 1. The Labute approximate surface area is 160 Å². The number of hydrogen-bond donors (Lipinski definition) is 0. The van der Waals surface area contributed by atoms with Gasteiger partial charge in [-0.05, 0) is 43.3 Å². The summed E-state index contributed by atoms with van der Waals surface area (Å²) >= 11 is 1.95. The van der Waals surface area contributed by atoms with Crippen LogP contribution < -0.4 is 4.90 Å². The molecule has 0 aromatic heterocycles. The first-order valence-corrected chi connectivity index (χ1v) is 10.1. The lowest BCUT2D eigenvalue weighted by atomic mass is 10.2. The lowest BCUT2D eigenvalue weighted by Crippen LogP contribution is -2.45. The lowest BCUT2D eigenvalue weighted by Gasteiger charge is -2.30. The fraction of sp³-hybridized carbons (Fsp3) is 0.412. The Kier molecular flexibility index (Phi) is 5.57. The average molecular weight is 393 g/mol. The Balaban J connectivity index is 1.85. The minimum Gasteiger partial charge on any atom is -0.349 e. The van der Waals surface area contributed by atoms with Crippen LogP contribution in [0, 0.1) is 6.92 Å². The van der Waals surface area contributed by atoms with Gasteiger partial charge in [-0.1, -0.05) is 23.9 Å². The molecule has 0 saturated carbocycles. The molecular weight excluding hydrogens is 374 g/mol. The largest absolute Gasteiger partial charge is 0.349 e. The summed E-state index contributed by atoms with van der Waals surface area (Å²) in [5, 5.41) is -1.23. The van der Waals surface area contributed by atoms with E-state index in [1.807, 2.05) is 31.2 Å². The van der Waals surface area contributed by atoms with E-state index in [9.17, 15) is 19.2 Å². The van der Waals surface area contributed by atoms with E-state index in [-0.39, 0.29) is 41.1 Å². The van der Waals surface area contributed by atoms with Gasteiger partial charge < -0.3 is 4.90 Å². The molecule has 0 aliphatic carbocycles. The second kappa shape index (κ2) is 7.71.